The minimum atomic E-state index is -0.844. The second kappa shape index (κ2) is 55.4. The molecule has 6 nitrogen and oxygen atoms in total. The maximum absolute atomic E-state index is 12.8. The van der Waals surface area contributed by atoms with Gasteiger partial charge >= 0.3 is 17.9 Å². The summed E-state index contributed by atoms with van der Waals surface area (Å²) in [6.07, 6.45) is 82.1. The predicted molar refractivity (Wildman–Crippen MR) is 297 cm³/mol. The van der Waals surface area contributed by atoms with E-state index in [0.717, 1.165) is 135 Å². The number of carbonyl (C=O) groups is 3. The molecule has 0 aromatic carbocycles. The second-order valence-corrected chi connectivity index (χ2v) is 16.7. The minimum Gasteiger partial charge on any atom is -0.462 e. The quantitative estimate of drug-likeness (QED) is 0.0199. The number of allylic oxidation sites excluding steroid dienone is 28. The molecule has 0 aliphatic rings. The minimum absolute atomic E-state index is 0.135. The molecular formula is C63H94O6. The Morgan fingerprint density at radius 1 is 0.304 bits per heavy atom. The fraction of sp³-hybridized carbons (Fsp3) is 0.508. The largest absolute Gasteiger partial charge is 0.462 e. The molecule has 0 saturated heterocycles. The van der Waals surface area contributed by atoms with Crippen LogP contribution in [0.15, 0.2) is 170 Å². The number of ether oxygens (including phenoxy) is 3. The predicted octanol–water partition coefficient (Wildman–Crippen LogP) is 18.0. The molecule has 0 saturated carbocycles. The lowest BCUT2D eigenvalue weighted by molar-refractivity contribution is -0.166. The Kier molecular flexibility index (Phi) is 51.2. The molecule has 0 radical (unpaired) electrons. The maximum Gasteiger partial charge on any atom is 0.306 e. The third-order valence-corrected chi connectivity index (χ3v) is 10.3. The van der Waals surface area contributed by atoms with Crippen LogP contribution < -0.4 is 0 Å². The smallest absolute Gasteiger partial charge is 0.306 e. The van der Waals surface area contributed by atoms with Crippen LogP contribution in [0.4, 0.5) is 0 Å². The number of unbranched alkanes of at least 4 members (excludes halogenated alkanes) is 8. The molecule has 1 atom stereocenters. The lowest BCUT2D eigenvalue weighted by atomic mass is 10.1. The van der Waals surface area contributed by atoms with Crippen LogP contribution in [0.5, 0.6) is 0 Å². The van der Waals surface area contributed by atoms with Crippen molar-refractivity contribution >= 4 is 17.9 Å². The van der Waals surface area contributed by atoms with Gasteiger partial charge in [-0.25, -0.2) is 0 Å². The van der Waals surface area contributed by atoms with E-state index >= 15 is 0 Å². The van der Waals surface area contributed by atoms with Crippen LogP contribution in [0.1, 0.15) is 188 Å². The SMILES string of the molecule is CC\C=C/C=C\C=C/CCCCCCCC(=O)OCC(COC(=O)CC/C=C\C/C=C\C/C=C\C/C=C\C/C=C\C/C=C\CC)OC(=O)CCCCC/C=C\C/C=C\C/C=C\C/C=C\C/C=C\CC. The number of carbonyl (C=O) groups excluding carboxylic acids is 3. The summed E-state index contributed by atoms with van der Waals surface area (Å²) >= 11 is 0. The van der Waals surface area contributed by atoms with Gasteiger partial charge in [0.25, 0.3) is 0 Å². The monoisotopic (exact) mass is 947 g/mol. The van der Waals surface area contributed by atoms with Crippen molar-refractivity contribution < 1.29 is 28.6 Å². The van der Waals surface area contributed by atoms with Gasteiger partial charge in [-0.2, -0.15) is 0 Å². The van der Waals surface area contributed by atoms with Gasteiger partial charge in [-0.05, 0) is 122 Å². The molecule has 0 aromatic rings. The Balaban J connectivity index is 4.63. The van der Waals surface area contributed by atoms with Gasteiger partial charge in [-0.15, -0.1) is 0 Å². The summed E-state index contributed by atoms with van der Waals surface area (Å²) in [5.74, 6) is -1.09. The van der Waals surface area contributed by atoms with Crippen LogP contribution in [-0.4, -0.2) is 37.2 Å². The third kappa shape index (κ3) is 53.6. The number of hydrogen-bond donors (Lipinski definition) is 0. The number of hydrogen-bond acceptors (Lipinski definition) is 6. The van der Waals surface area contributed by atoms with Gasteiger partial charge in [0.15, 0.2) is 6.10 Å². The molecule has 0 aliphatic carbocycles. The maximum atomic E-state index is 12.8. The van der Waals surface area contributed by atoms with Gasteiger partial charge < -0.3 is 14.2 Å². The zero-order valence-electron chi connectivity index (χ0n) is 43.5. The second-order valence-electron chi connectivity index (χ2n) is 16.7. The molecule has 0 aliphatic heterocycles. The molecule has 0 spiro atoms. The van der Waals surface area contributed by atoms with Gasteiger partial charge in [-0.3, -0.25) is 14.4 Å². The fourth-order valence-corrected chi connectivity index (χ4v) is 6.37. The molecule has 0 amide bonds. The molecular weight excluding hydrogens is 853 g/mol. The van der Waals surface area contributed by atoms with Gasteiger partial charge in [0.1, 0.15) is 13.2 Å². The first-order chi connectivity index (χ1) is 34.0. The van der Waals surface area contributed by atoms with Gasteiger partial charge in [0.2, 0.25) is 0 Å². The molecule has 382 valence electrons. The van der Waals surface area contributed by atoms with E-state index in [1.165, 1.54) is 0 Å². The molecule has 0 aromatic heterocycles. The lowest BCUT2D eigenvalue weighted by Crippen LogP contribution is -2.30. The van der Waals surface area contributed by atoms with Crippen LogP contribution in [-0.2, 0) is 28.6 Å². The summed E-state index contributed by atoms with van der Waals surface area (Å²) < 4.78 is 16.7. The highest BCUT2D eigenvalue weighted by atomic mass is 16.6. The lowest BCUT2D eigenvalue weighted by Gasteiger charge is -2.18. The van der Waals surface area contributed by atoms with Crippen molar-refractivity contribution in [2.45, 2.75) is 194 Å². The van der Waals surface area contributed by atoms with E-state index in [2.05, 4.69) is 173 Å². The van der Waals surface area contributed by atoms with Crippen molar-refractivity contribution in [1.82, 2.24) is 0 Å². The van der Waals surface area contributed by atoms with Crippen molar-refractivity contribution in [3.63, 3.8) is 0 Å². The summed E-state index contributed by atoms with van der Waals surface area (Å²) in [4.78, 5) is 38.0. The summed E-state index contributed by atoms with van der Waals surface area (Å²) in [7, 11) is 0. The van der Waals surface area contributed by atoms with Crippen LogP contribution in [0.25, 0.3) is 0 Å². The highest BCUT2D eigenvalue weighted by molar-refractivity contribution is 5.71. The molecule has 6 heteroatoms. The van der Waals surface area contributed by atoms with Crippen molar-refractivity contribution in [2.75, 3.05) is 13.2 Å². The van der Waals surface area contributed by atoms with E-state index in [4.69, 9.17) is 14.2 Å². The number of esters is 3. The van der Waals surface area contributed by atoms with E-state index in [-0.39, 0.29) is 44.0 Å². The highest BCUT2D eigenvalue weighted by Crippen LogP contribution is 2.11. The Morgan fingerprint density at radius 3 is 1.07 bits per heavy atom. The molecule has 0 bridgehead atoms. The van der Waals surface area contributed by atoms with Gasteiger partial charge in [0.05, 0.1) is 0 Å². The Bertz CT molecular complexity index is 1650. The molecule has 69 heavy (non-hydrogen) atoms. The summed E-state index contributed by atoms with van der Waals surface area (Å²) in [5.41, 5.74) is 0. The van der Waals surface area contributed by atoms with Crippen LogP contribution in [0, 0.1) is 0 Å². The molecule has 0 rings (SSSR count). The van der Waals surface area contributed by atoms with E-state index in [9.17, 15) is 14.4 Å². The van der Waals surface area contributed by atoms with Crippen LogP contribution in [0.2, 0.25) is 0 Å². The first-order valence-corrected chi connectivity index (χ1v) is 26.7. The molecule has 0 N–H and O–H groups in total. The normalized spacial score (nSPS) is 13.5. The van der Waals surface area contributed by atoms with Gasteiger partial charge in [-0.1, -0.05) is 217 Å². The molecule has 1 unspecified atom stereocenters. The summed E-state index contributed by atoms with van der Waals surface area (Å²) in [6.45, 7) is 6.13. The number of rotatable bonds is 45. The summed E-state index contributed by atoms with van der Waals surface area (Å²) in [5, 5.41) is 0. The van der Waals surface area contributed by atoms with E-state index in [1.807, 2.05) is 18.2 Å². The highest BCUT2D eigenvalue weighted by Gasteiger charge is 2.19. The average molecular weight is 947 g/mol. The van der Waals surface area contributed by atoms with Crippen LogP contribution in [0.3, 0.4) is 0 Å². The van der Waals surface area contributed by atoms with E-state index in [1.54, 1.807) is 0 Å². The Hall–Kier alpha value is -5.23. The topological polar surface area (TPSA) is 78.9 Å². The van der Waals surface area contributed by atoms with Crippen molar-refractivity contribution in [2.24, 2.45) is 0 Å². The first kappa shape index (κ1) is 63.8. The van der Waals surface area contributed by atoms with Crippen LogP contribution >= 0.6 is 0 Å². The van der Waals surface area contributed by atoms with E-state index < -0.39 is 6.10 Å². The Morgan fingerprint density at radius 2 is 0.623 bits per heavy atom. The standard InChI is InChI=1S/C63H94O6/c1-4-7-10-13-16-19-22-25-27-29-31-33-35-38-41-44-47-50-53-56-62(65)68-59-60(58-67-61(64)55-52-49-46-43-40-37-24-21-18-15-12-9-6-3)69-63(66)57-54-51-48-45-42-39-36-34-32-30-28-26-23-20-17-14-11-8-5-2/h7-12,15-21,24-28,31-34,38-39,41-42,47,50,60H,4-6,13-14,22-23,29-30,35-37,40,43-46,48-49,51-59H2,1-3H3/b10-7-,11-8-,12-9-,18-15-,19-16-,20-17-,24-21-,27-25-,28-26-,33-31-,34-32-,41-38-,42-39-,50-47-. The molecule has 0 heterocycles. The van der Waals surface area contributed by atoms with Crippen molar-refractivity contribution in [3.05, 3.63) is 170 Å². The van der Waals surface area contributed by atoms with Crippen molar-refractivity contribution in [1.29, 1.82) is 0 Å². The zero-order valence-corrected chi connectivity index (χ0v) is 43.5. The van der Waals surface area contributed by atoms with E-state index in [0.29, 0.717) is 19.3 Å². The Labute approximate surface area is 422 Å². The third-order valence-electron chi connectivity index (χ3n) is 10.3. The summed E-state index contributed by atoms with van der Waals surface area (Å²) in [6, 6.07) is 0. The van der Waals surface area contributed by atoms with Crippen molar-refractivity contribution in [3.8, 4) is 0 Å². The average Bonchev–Trinajstić information content (AvgIpc) is 3.35. The molecule has 0 fully saturated rings. The zero-order chi connectivity index (χ0) is 50.0. The first-order valence-electron chi connectivity index (χ1n) is 26.7. The fourth-order valence-electron chi connectivity index (χ4n) is 6.37. The van der Waals surface area contributed by atoms with Gasteiger partial charge in [0, 0.05) is 19.3 Å².